The summed E-state index contributed by atoms with van der Waals surface area (Å²) in [6, 6.07) is 1.75. The van der Waals surface area contributed by atoms with E-state index in [1.54, 1.807) is 0 Å². The molecule has 0 aliphatic carbocycles. The van der Waals surface area contributed by atoms with Crippen molar-refractivity contribution < 1.29 is 31.8 Å². The Hall–Kier alpha value is -2.11. The van der Waals surface area contributed by atoms with Gasteiger partial charge in [0, 0.05) is 6.07 Å². The van der Waals surface area contributed by atoms with Crippen LogP contribution in [0.5, 0.6) is 11.5 Å². The van der Waals surface area contributed by atoms with Crippen LogP contribution < -0.4 is 4.74 Å². The molecule has 0 radical (unpaired) electrons. The molecule has 0 amide bonds. The molecule has 4 nitrogen and oxygen atoms in total. The summed E-state index contributed by atoms with van der Waals surface area (Å²) in [4.78, 5) is 3.18. The van der Waals surface area contributed by atoms with Gasteiger partial charge in [-0.05, 0) is 0 Å². The molecule has 1 aromatic rings. The van der Waals surface area contributed by atoms with Gasteiger partial charge in [-0.1, -0.05) is 0 Å². The Morgan fingerprint density at radius 1 is 1.44 bits per heavy atom. The molecule has 1 heterocycles. The average Bonchev–Trinajstić information content (AvgIpc) is 2.21. The van der Waals surface area contributed by atoms with E-state index in [1.807, 2.05) is 0 Å². The summed E-state index contributed by atoms with van der Waals surface area (Å²) >= 11 is 0. The van der Waals surface area contributed by atoms with Crippen LogP contribution in [0.15, 0.2) is 6.07 Å². The Balaban J connectivity index is 3.27. The summed E-state index contributed by atoms with van der Waals surface area (Å²) in [5, 5.41) is 17.7. The van der Waals surface area contributed by atoms with Gasteiger partial charge in [0.05, 0.1) is 12.5 Å². The standard InChI is InChI=1S/C9H5F5N2O2/c10-8(11)5-3-6(18-9(12,13)14)7(17)4(16-5)1-2-15/h3,8,17H,1H2. The fraction of sp³-hybridized carbons (Fsp3) is 0.333. The molecule has 0 fully saturated rings. The molecule has 0 aliphatic rings. The minimum atomic E-state index is -5.15. The van der Waals surface area contributed by atoms with Crippen molar-refractivity contribution in [2.24, 2.45) is 0 Å². The lowest BCUT2D eigenvalue weighted by atomic mass is 10.2. The van der Waals surface area contributed by atoms with Crippen LogP contribution >= 0.6 is 0 Å². The molecule has 0 aliphatic heterocycles. The largest absolute Gasteiger partial charge is 0.573 e. The summed E-state index contributed by atoms with van der Waals surface area (Å²) in [6.07, 6.45) is -8.93. The predicted octanol–water partition coefficient (Wildman–Crippen LogP) is 2.69. The number of hydrogen-bond acceptors (Lipinski definition) is 4. The fourth-order valence-corrected chi connectivity index (χ4v) is 1.10. The first-order chi connectivity index (χ1) is 8.24. The van der Waals surface area contributed by atoms with Gasteiger partial charge in [-0.3, -0.25) is 0 Å². The Morgan fingerprint density at radius 3 is 2.50 bits per heavy atom. The van der Waals surface area contributed by atoms with Crippen LogP contribution in [0.4, 0.5) is 22.0 Å². The van der Waals surface area contributed by atoms with Gasteiger partial charge >= 0.3 is 6.36 Å². The monoisotopic (exact) mass is 268 g/mol. The van der Waals surface area contributed by atoms with Crippen molar-refractivity contribution in [2.45, 2.75) is 19.2 Å². The third-order valence-corrected chi connectivity index (χ3v) is 1.75. The molecular weight excluding hydrogens is 263 g/mol. The molecule has 18 heavy (non-hydrogen) atoms. The molecule has 9 heteroatoms. The lowest BCUT2D eigenvalue weighted by Gasteiger charge is -2.13. The van der Waals surface area contributed by atoms with Crippen LogP contribution in [0.2, 0.25) is 0 Å². The van der Waals surface area contributed by atoms with Crippen LogP contribution in [0.25, 0.3) is 0 Å². The summed E-state index contributed by atoms with van der Waals surface area (Å²) in [5.41, 5.74) is -1.62. The number of nitrogens with zero attached hydrogens (tertiary/aromatic N) is 2. The van der Waals surface area contributed by atoms with E-state index in [0.29, 0.717) is 0 Å². The Labute approximate surface area is 97.2 Å². The Kier molecular flexibility index (Phi) is 3.90. The fourth-order valence-electron chi connectivity index (χ4n) is 1.10. The first kappa shape index (κ1) is 14.0. The van der Waals surface area contributed by atoms with Crippen molar-refractivity contribution in [3.05, 3.63) is 17.5 Å². The third-order valence-electron chi connectivity index (χ3n) is 1.75. The van der Waals surface area contributed by atoms with Crippen molar-refractivity contribution in [3.63, 3.8) is 0 Å². The lowest BCUT2D eigenvalue weighted by Crippen LogP contribution is -2.18. The predicted molar refractivity (Wildman–Crippen MR) is 46.9 cm³/mol. The van der Waals surface area contributed by atoms with Gasteiger partial charge in [0.15, 0.2) is 11.5 Å². The first-order valence-corrected chi connectivity index (χ1v) is 4.38. The zero-order chi connectivity index (χ0) is 13.9. The van der Waals surface area contributed by atoms with Crippen molar-refractivity contribution >= 4 is 0 Å². The molecule has 1 N–H and O–H groups in total. The van der Waals surface area contributed by atoms with Gasteiger partial charge in [-0.2, -0.15) is 5.26 Å². The van der Waals surface area contributed by atoms with E-state index in [9.17, 15) is 27.1 Å². The van der Waals surface area contributed by atoms with Gasteiger partial charge in [-0.25, -0.2) is 13.8 Å². The van der Waals surface area contributed by atoms with Crippen molar-refractivity contribution in [2.75, 3.05) is 0 Å². The number of alkyl halides is 5. The van der Waals surface area contributed by atoms with Crippen LogP contribution in [0.1, 0.15) is 17.8 Å². The molecule has 0 saturated carbocycles. The number of pyridine rings is 1. The quantitative estimate of drug-likeness (QED) is 0.856. The highest BCUT2D eigenvalue weighted by atomic mass is 19.4. The van der Waals surface area contributed by atoms with Crippen LogP contribution in [0, 0.1) is 11.3 Å². The SMILES string of the molecule is N#CCc1nc(C(F)F)cc(OC(F)(F)F)c1O. The number of aromatic nitrogens is 1. The Morgan fingerprint density at radius 2 is 2.06 bits per heavy atom. The van der Waals surface area contributed by atoms with Gasteiger partial charge < -0.3 is 9.84 Å². The van der Waals surface area contributed by atoms with Gasteiger partial charge in [0.25, 0.3) is 6.43 Å². The summed E-state index contributed by atoms with van der Waals surface area (Å²) in [6.45, 7) is 0. The van der Waals surface area contributed by atoms with Crippen molar-refractivity contribution in [1.29, 1.82) is 5.26 Å². The van der Waals surface area contributed by atoms with Crippen LogP contribution in [-0.2, 0) is 6.42 Å². The van der Waals surface area contributed by atoms with E-state index in [4.69, 9.17) is 5.26 Å². The topological polar surface area (TPSA) is 66.1 Å². The maximum atomic E-state index is 12.4. The summed E-state index contributed by atoms with van der Waals surface area (Å²) < 4.78 is 64.0. The molecule has 98 valence electrons. The third kappa shape index (κ3) is 3.44. The normalized spacial score (nSPS) is 11.4. The van der Waals surface area contributed by atoms with Crippen LogP contribution in [0.3, 0.4) is 0 Å². The molecule has 1 rings (SSSR count). The number of nitriles is 1. The lowest BCUT2D eigenvalue weighted by molar-refractivity contribution is -0.275. The minimum Gasteiger partial charge on any atom is -0.503 e. The second-order valence-corrected chi connectivity index (χ2v) is 3.02. The number of halogens is 5. The first-order valence-electron chi connectivity index (χ1n) is 4.38. The maximum Gasteiger partial charge on any atom is 0.573 e. The number of rotatable bonds is 3. The Bertz CT molecular complexity index is 481. The molecule has 0 saturated heterocycles. The van der Waals surface area contributed by atoms with E-state index in [2.05, 4.69) is 9.72 Å². The van der Waals surface area contributed by atoms with E-state index >= 15 is 0 Å². The highest BCUT2D eigenvalue weighted by Crippen LogP contribution is 2.36. The highest BCUT2D eigenvalue weighted by Gasteiger charge is 2.33. The van der Waals surface area contributed by atoms with E-state index in [-0.39, 0.29) is 6.07 Å². The molecule has 1 aromatic heterocycles. The molecule has 0 bridgehead atoms. The van der Waals surface area contributed by atoms with E-state index in [0.717, 1.165) is 0 Å². The maximum absolute atomic E-state index is 12.4. The van der Waals surface area contributed by atoms with Crippen LogP contribution in [-0.4, -0.2) is 16.5 Å². The second-order valence-electron chi connectivity index (χ2n) is 3.02. The minimum absolute atomic E-state index is 0.272. The van der Waals surface area contributed by atoms with Crippen molar-refractivity contribution in [3.8, 4) is 17.6 Å². The zero-order valence-corrected chi connectivity index (χ0v) is 8.50. The molecule has 0 unspecified atom stereocenters. The molecule has 0 spiro atoms. The van der Waals surface area contributed by atoms with E-state index < -0.39 is 42.1 Å². The number of ether oxygens (including phenoxy) is 1. The molecular formula is C9H5F5N2O2. The average molecular weight is 268 g/mol. The molecule has 0 aromatic carbocycles. The smallest absolute Gasteiger partial charge is 0.503 e. The summed E-state index contributed by atoms with van der Waals surface area (Å²) in [7, 11) is 0. The van der Waals surface area contributed by atoms with Crippen molar-refractivity contribution in [1.82, 2.24) is 4.98 Å². The van der Waals surface area contributed by atoms with E-state index in [1.165, 1.54) is 6.07 Å². The number of hydrogen-bond donors (Lipinski definition) is 1. The van der Waals surface area contributed by atoms with Gasteiger partial charge in [0.2, 0.25) is 0 Å². The van der Waals surface area contributed by atoms with Gasteiger partial charge in [-0.15, -0.1) is 13.2 Å². The zero-order valence-electron chi connectivity index (χ0n) is 8.50. The number of aromatic hydroxyl groups is 1. The summed E-state index contributed by atoms with van der Waals surface area (Å²) in [5.74, 6) is -2.30. The van der Waals surface area contributed by atoms with Gasteiger partial charge in [0.1, 0.15) is 11.4 Å². The highest BCUT2D eigenvalue weighted by molar-refractivity contribution is 5.44. The molecule has 0 atom stereocenters. The second kappa shape index (κ2) is 5.03.